The van der Waals surface area contributed by atoms with Crippen LogP contribution in [0.1, 0.15) is 18.4 Å². The van der Waals surface area contributed by atoms with E-state index in [2.05, 4.69) is 5.32 Å². The minimum Gasteiger partial charge on any atom is -0.324 e. The maximum absolute atomic E-state index is 13.2. The highest BCUT2D eigenvalue weighted by molar-refractivity contribution is 5.18. The molecule has 0 bridgehead atoms. The molecule has 1 aliphatic rings. The van der Waals surface area contributed by atoms with E-state index in [1.165, 1.54) is 12.1 Å². The molecule has 4 heteroatoms. The van der Waals surface area contributed by atoms with E-state index < -0.39 is 11.6 Å². The van der Waals surface area contributed by atoms with Gasteiger partial charge in [-0.1, -0.05) is 6.07 Å². The second-order valence-electron chi connectivity index (χ2n) is 4.20. The molecule has 0 spiro atoms. The number of nitrogens with two attached hydrogens (primary N) is 1. The van der Waals surface area contributed by atoms with Gasteiger partial charge in [-0.15, -0.1) is 0 Å². The van der Waals surface area contributed by atoms with Gasteiger partial charge in [-0.3, -0.25) is 0 Å². The molecule has 0 aliphatic heterocycles. The molecule has 3 N–H and O–H groups in total. The van der Waals surface area contributed by atoms with Crippen LogP contribution in [-0.2, 0) is 6.54 Å². The molecule has 15 heavy (non-hydrogen) atoms. The van der Waals surface area contributed by atoms with Gasteiger partial charge in [-0.05, 0) is 18.9 Å². The van der Waals surface area contributed by atoms with E-state index in [1.54, 1.807) is 0 Å². The van der Waals surface area contributed by atoms with Crippen LogP contribution in [0.2, 0.25) is 0 Å². The first-order valence-corrected chi connectivity index (χ1v) is 5.03. The van der Waals surface area contributed by atoms with Crippen molar-refractivity contribution in [2.24, 2.45) is 5.73 Å². The van der Waals surface area contributed by atoms with Gasteiger partial charge in [0.2, 0.25) is 0 Å². The van der Waals surface area contributed by atoms with Gasteiger partial charge in [0.25, 0.3) is 0 Å². The van der Waals surface area contributed by atoms with Gasteiger partial charge < -0.3 is 11.1 Å². The molecule has 82 valence electrons. The van der Waals surface area contributed by atoms with E-state index in [4.69, 9.17) is 5.73 Å². The van der Waals surface area contributed by atoms with Crippen molar-refractivity contribution in [1.82, 2.24) is 5.32 Å². The molecule has 1 saturated carbocycles. The first-order valence-electron chi connectivity index (χ1n) is 5.03. The molecule has 0 atom stereocenters. The third kappa shape index (κ3) is 2.73. The standard InChI is InChI=1S/C11H14F2N2/c12-9-2-1-8(10(13)5-9)6-15-7-11(14)3-4-11/h1-2,5,15H,3-4,6-7,14H2. The second-order valence-corrected chi connectivity index (χ2v) is 4.20. The van der Waals surface area contributed by atoms with Crippen molar-refractivity contribution >= 4 is 0 Å². The average molecular weight is 212 g/mol. The maximum Gasteiger partial charge on any atom is 0.130 e. The topological polar surface area (TPSA) is 38.0 Å². The molecule has 1 fully saturated rings. The number of hydrogen-bond donors (Lipinski definition) is 2. The van der Waals surface area contributed by atoms with Crippen molar-refractivity contribution in [1.29, 1.82) is 0 Å². The number of hydrogen-bond acceptors (Lipinski definition) is 2. The molecule has 1 aromatic carbocycles. The van der Waals surface area contributed by atoms with Gasteiger partial charge in [-0.25, -0.2) is 8.78 Å². The highest BCUT2D eigenvalue weighted by atomic mass is 19.1. The molecular formula is C11H14F2N2. The van der Waals surface area contributed by atoms with Crippen LogP contribution in [0.25, 0.3) is 0 Å². The average Bonchev–Trinajstić information content (AvgIpc) is 2.88. The van der Waals surface area contributed by atoms with Crippen LogP contribution in [-0.4, -0.2) is 12.1 Å². The van der Waals surface area contributed by atoms with Gasteiger partial charge in [0.1, 0.15) is 11.6 Å². The van der Waals surface area contributed by atoms with Crippen LogP contribution in [0.4, 0.5) is 8.78 Å². The Morgan fingerprint density at radius 3 is 2.67 bits per heavy atom. The largest absolute Gasteiger partial charge is 0.324 e. The molecule has 0 radical (unpaired) electrons. The van der Waals surface area contributed by atoms with Crippen molar-refractivity contribution in [3.8, 4) is 0 Å². The van der Waals surface area contributed by atoms with Crippen molar-refractivity contribution in [3.05, 3.63) is 35.4 Å². The maximum atomic E-state index is 13.2. The summed E-state index contributed by atoms with van der Waals surface area (Å²) in [6.07, 6.45) is 2.04. The van der Waals surface area contributed by atoms with Crippen LogP contribution in [0.5, 0.6) is 0 Å². The van der Waals surface area contributed by atoms with Crippen molar-refractivity contribution in [2.75, 3.05) is 6.54 Å². The molecule has 0 saturated heterocycles. The lowest BCUT2D eigenvalue weighted by Crippen LogP contribution is -2.35. The summed E-state index contributed by atoms with van der Waals surface area (Å²) in [5.41, 5.74) is 6.24. The van der Waals surface area contributed by atoms with Crippen LogP contribution in [0, 0.1) is 11.6 Å². The zero-order valence-electron chi connectivity index (χ0n) is 8.39. The van der Waals surface area contributed by atoms with E-state index >= 15 is 0 Å². The molecule has 0 amide bonds. The number of benzene rings is 1. The van der Waals surface area contributed by atoms with Crippen molar-refractivity contribution in [3.63, 3.8) is 0 Å². The zero-order valence-corrected chi connectivity index (χ0v) is 8.39. The Labute approximate surface area is 87.5 Å². The number of halogens is 2. The van der Waals surface area contributed by atoms with Crippen LogP contribution in [0.3, 0.4) is 0 Å². The smallest absolute Gasteiger partial charge is 0.130 e. The third-order valence-electron chi connectivity index (χ3n) is 2.70. The molecular weight excluding hydrogens is 198 g/mol. The molecule has 2 nitrogen and oxygen atoms in total. The lowest BCUT2D eigenvalue weighted by Gasteiger charge is -2.10. The van der Waals surface area contributed by atoms with Crippen LogP contribution >= 0.6 is 0 Å². The first kappa shape index (κ1) is 10.5. The third-order valence-corrected chi connectivity index (χ3v) is 2.70. The van der Waals surface area contributed by atoms with Crippen molar-refractivity contribution in [2.45, 2.75) is 24.9 Å². The van der Waals surface area contributed by atoms with Gasteiger partial charge in [-0.2, -0.15) is 0 Å². The fourth-order valence-corrected chi connectivity index (χ4v) is 1.45. The quantitative estimate of drug-likeness (QED) is 0.794. The Bertz CT molecular complexity index is 362. The monoisotopic (exact) mass is 212 g/mol. The Hall–Kier alpha value is -1.00. The van der Waals surface area contributed by atoms with Crippen LogP contribution in [0.15, 0.2) is 18.2 Å². The van der Waals surface area contributed by atoms with Gasteiger partial charge in [0.15, 0.2) is 0 Å². The van der Waals surface area contributed by atoms with E-state index in [0.717, 1.165) is 18.9 Å². The van der Waals surface area contributed by atoms with Crippen molar-refractivity contribution < 1.29 is 8.78 Å². The number of nitrogens with one attached hydrogen (secondary N) is 1. The summed E-state index contributed by atoms with van der Waals surface area (Å²) in [6.45, 7) is 1.08. The van der Waals surface area contributed by atoms with E-state index in [1.807, 2.05) is 0 Å². The summed E-state index contributed by atoms with van der Waals surface area (Å²) in [4.78, 5) is 0. The minimum absolute atomic E-state index is 0.0868. The van der Waals surface area contributed by atoms with Crippen LogP contribution < -0.4 is 11.1 Å². The van der Waals surface area contributed by atoms with Gasteiger partial charge in [0, 0.05) is 30.3 Å². The highest BCUT2D eigenvalue weighted by Crippen LogP contribution is 2.31. The van der Waals surface area contributed by atoms with E-state index in [9.17, 15) is 8.78 Å². The second kappa shape index (κ2) is 3.87. The van der Waals surface area contributed by atoms with E-state index in [0.29, 0.717) is 18.7 Å². The van der Waals surface area contributed by atoms with Gasteiger partial charge in [0.05, 0.1) is 0 Å². The zero-order chi connectivity index (χ0) is 10.9. The molecule has 1 aliphatic carbocycles. The Morgan fingerprint density at radius 2 is 2.07 bits per heavy atom. The fourth-order valence-electron chi connectivity index (χ4n) is 1.45. The predicted octanol–water partition coefficient (Wildman–Crippen LogP) is 1.55. The molecule has 2 rings (SSSR count). The number of rotatable bonds is 4. The summed E-state index contributed by atoms with van der Waals surface area (Å²) in [5, 5.41) is 3.08. The fraction of sp³-hybridized carbons (Fsp3) is 0.455. The lowest BCUT2D eigenvalue weighted by molar-refractivity contribution is 0.537. The molecule has 0 aromatic heterocycles. The predicted molar refractivity (Wildman–Crippen MR) is 54.2 cm³/mol. The SMILES string of the molecule is NC1(CNCc2ccc(F)cc2F)CC1. The molecule has 1 aromatic rings. The summed E-state index contributed by atoms with van der Waals surface area (Å²) in [6, 6.07) is 3.61. The van der Waals surface area contributed by atoms with E-state index in [-0.39, 0.29) is 5.54 Å². The summed E-state index contributed by atoms with van der Waals surface area (Å²) in [7, 11) is 0. The normalized spacial score (nSPS) is 17.8. The highest BCUT2D eigenvalue weighted by Gasteiger charge is 2.37. The van der Waals surface area contributed by atoms with Gasteiger partial charge >= 0.3 is 0 Å². The summed E-state index contributed by atoms with van der Waals surface area (Å²) < 4.78 is 25.8. The Morgan fingerprint density at radius 1 is 1.33 bits per heavy atom. The summed E-state index contributed by atoms with van der Waals surface area (Å²) >= 11 is 0. The first-order chi connectivity index (χ1) is 7.09. The Kier molecular flexibility index (Phi) is 2.71. The summed E-state index contributed by atoms with van der Waals surface area (Å²) in [5.74, 6) is -1.06. The Balaban J connectivity index is 1.87. The molecule has 0 unspecified atom stereocenters. The lowest BCUT2D eigenvalue weighted by atomic mass is 10.2. The minimum atomic E-state index is -0.547. The molecule has 0 heterocycles.